The number of hydrogen-bond donors (Lipinski definition) is 2. The molecule has 0 fully saturated rings. The summed E-state index contributed by atoms with van der Waals surface area (Å²) in [5.41, 5.74) is 0.776. The number of nitrogens with one attached hydrogen (secondary N) is 2. The number of carbonyl (C=O) groups excluding carboxylic acids is 2. The Morgan fingerprint density at radius 1 is 1.12 bits per heavy atom. The third-order valence-electron chi connectivity index (χ3n) is 3.49. The van der Waals surface area contributed by atoms with Gasteiger partial charge in [0.05, 0.1) is 24.2 Å². The van der Waals surface area contributed by atoms with E-state index < -0.39 is 11.7 Å². The standard InChI is InChI=1S/C18H18ClFN2O3/c1-25-13-7-5-12(6-8-13)9-10-21-16(23)11-22-18(24)17-14(19)3-2-4-15(17)20/h2-8H,9-11H2,1H3,(H,21,23)(H,22,24). The van der Waals surface area contributed by atoms with Crippen molar-refractivity contribution in [1.82, 2.24) is 10.6 Å². The van der Waals surface area contributed by atoms with Gasteiger partial charge in [-0.1, -0.05) is 29.8 Å². The van der Waals surface area contributed by atoms with Crippen LogP contribution >= 0.6 is 11.6 Å². The van der Waals surface area contributed by atoms with Gasteiger partial charge in [0.15, 0.2) is 0 Å². The van der Waals surface area contributed by atoms with Crippen LogP contribution in [-0.2, 0) is 11.2 Å². The minimum Gasteiger partial charge on any atom is -0.497 e. The van der Waals surface area contributed by atoms with Crippen molar-refractivity contribution in [3.05, 3.63) is 64.4 Å². The first-order valence-electron chi connectivity index (χ1n) is 7.63. The van der Waals surface area contributed by atoms with E-state index in [1.807, 2.05) is 24.3 Å². The summed E-state index contributed by atoms with van der Waals surface area (Å²) in [6.45, 7) is 0.160. The van der Waals surface area contributed by atoms with Gasteiger partial charge in [-0.15, -0.1) is 0 Å². The summed E-state index contributed by atoms with van der Waals surface area (Å²) in [5.74, 6) is -1.06. The van der Waals surface area contributed by atoms with Gasteiger partial charge in [0, 0.05) is 6.54 Å². The van der Waals surface area contributed by atoms with E-state index >= 15 is 0 Å². The first kappa shape index (κ1) is 18.7. The van der Waals surface area contributed by atoms with Gasteiger partial charge in [0.25, 0.3) is 5.91 Å². The lowest BCUT2D eigenvalue weighted by Crippen LogP contribution is -2.38. The largest absolute Gasteiger partial charge is 0.497 e. The lowest BCUT2D eigenvalue weighted by atomic mass is 10.1. The number of halogens is 2. The highest BCUT2D eigenvalue weighted by molar-refractivity contribution is 6.33. The molecule has 0 atom stereocenters. The van der Waals surface area contributed by atoms with E-state index in [0.717, 1.165) is 17.4 Å². The van der Waals surface area contributed by atoms with Crippen molar-refractivity contribution in [2.24, 2.45) is 0 Å². The summed E-state index contributed by atoms with van der Waals surface area (Å²) in [7, 11) is 1.60. The fourth-order valence-corrected chi connectivity index (χ4v) is 2.41. The minimum absolute atomic E-state index is 0.00239. The summed E-state index contributed by atoms with van der Waals surface area (Å²) in [5, 5.41) is 5.03. The molecular formula is C18H18ClFN2O3. The van der Waals surface area contributed by atoms with E-state index in [4.69, 9.17) is 16.3 Å². The number of benzene rings is 2. The summed E-state index contributed by atoms with van der Waals surface area (Å²) in [4.78, 5) is 23.7. The summed E-state index contributed by atoms with van der Waals surface area (Å²) in [6, 6.07) is 11.5. The Kier molecular flexibility index (Phi) is 6.77. The van der Waals surface area contributed by atoms with E-state index in [-0.39, 0.29) is 23.0 Å². The Labute approximate surface area is 150 Å². The van der Waals surface area contributed by atoms with E-state index in [2.05, 4.69) is 10.6 Å². The molecule has 5 nitrogen and oxygen atoms in total. The Balaban J connectivity index is 1.76. The predicted octanol–water partition coefficient (Wildman–Crippen LogP) is 2.58. The number of carbonyl (C=O) groups is 2. The van der Waals surface area contributed by atoms with Gasteiger partial charge in [-0.05, 0) is 36.2 Å². The molecule has 0 bridgehead atoms. The van der Waals surface area contributed by atoms with Crippen molar-refractivity contribution < 1.29 is 18.7 Å². The van der Waals surface area contributed by atoms with Crippen molar-refractivity contribution in [3.8, 4) is 5.75 Å². The van der Waals surface area contributed by atoms with Crippen LogP contribution in [0.5, 0.6) is 5.75 Å². The highest BCUT2D eigenvalue weighted by Crippen LogP contribution is 2.18. The van der Waals surface area contributed by atoms with Gasteiger partial charge in [-0.3, -0.25) is 9.59 Å². The molecule has 2 aromatic carbocycles. The molecule has 2 aromatic rings. The van der Waals surface area contributed by atoms with Gasteiger partial charge in [0.2, 0.25) is 5.91 Å². The third kappa shape index (κ3) is 5.46. The quantitative estimate of drug-likeness (QED) is 0.793. The summed E-state index contributed by atoms with van der Waals surface area (Å²) in [6.07, 6.45) is 0.642. The van der Waals surface area contributed by atoms with E-state index in [1.165, 1.54) is 12.1 Å². The number of methoxy groups -OCH3 is 1. The zero-order chi connectivity index (χ0) is 18.2. The van der Waals surface area contributed by atoms with Crippen LogP contribution in [0.1, 0.15) is 15.9 Å². The molecule has 0 heterocycles. The Bertz CT molecular complexity index is 730. The predicted molar refractivity (Wildman–Crippen MR) is 93.5 cm³/mol. The number of rotatable bonds is 7. The minimum atomic E-state index is -0.732. The number of ether oxygens (including phenoxy) is 1. The molecule has 0 aromatic heterocycles. The third-order valence-corrected chi connectivity index (χ3v) is 3.81. The molecule has 0 spiro atoms. The van der Waals surface area contributed by atoms with Crippen molar-refractivity contribution in [2.75, 3.05) is 20.2 Å². The first-order valence-corrected chi connectivity index (χ1v) is 8.01. The Hall–Kier alpha value is -2.60. The molecule has 2 rings (SSSR count). The fraction of sp³-hybridized carbons (Fsp3) is 0.222. The molecule has 0 unspecified atom stereocenters. The molecule has 0 aliphatic carbocycles. The van der Waals surface area contributed by atoms with Crippen LogP contribution in [0.4, 0.5) is 4.39 Å². The highest BCUT2D eigenvalue weighted by Gasteiger charge is 2.16. The van der Waals surface area contributed by atoms with Crippen LogP contribution in [-0.4, -0.2) is 32.0 Å². The zero-order valence-corrected chi connectivity index (χ0v) is 14.4. The smallest absolute Gasteiger partial charge is 0.256 e. The second-order valence-corrected chi connectivity index (χ2v) is 5.63. The first-order chi connectivity index (χ1) is 12.0. The molecule has 25 heavy (non-hydrogen) atoms. The average Bonchev–Trinajstić information content (AvgIpc) is 2.60. The second-order valence-electron chi connectivity index (χ2n) is 5.23. The molecule has 132 valence electrons. The normalized spacial score (nSPS) is 10.2. The van der Waals surface area contributed by atoms with Crippen molar-refractivity contribution >= 4 is 23.4 Å². The summed E-state index contributed by atoms with van der Waals surface area (Å²) < 4.78 is 18.7. The number of hydrogen-bond acceptors (Lipinski definition) is 3. The van der Waals surface area contributed by atoms with E-state index in [1.54, 1.807) is 7.11 Å². The molecular weight excluding hydrogens is 347 g/mol. The SMILES string of the molecule is COc1ccc(CCNC(=O)CNC(=O)c2c(F)cccc2Cl)cc1. The molecule has 0 saturated carbocycles. The maximum atomic E-state index is 13.6. The van der Waals surface area contributed by atoms with Crippen LogP contribution in [0.3, 0.4) is 0 Å². The fourth-order valence-electron chi connectivity index (χ4n) is 2.16. The van der Waals surface area contributed by atoms with Crippen LogP contribution in [0.25, 0.3) is 0 Å². The van der Waals surface area contributed by atoms with E-state index in [9.17, 15) is 14.0 Å². The molecule has 0 aliphatic heterocycles. The van der Waals surface area contributed by atoms with Gasteiger partial charge in [-0.25, -0.2) is 4.39 Å². The van der Waals surface area contributed by atoms with Crippen molar-refractivity contribution in [2.45, 2.75) is 6.42 Å². The van der Waals surface area contributed by atoms with Gasteiger partial charge in [0.1, 0.15) is 11.6 Å². The lowest BCUT2D eigenvalue weighted by molar-refractivity contribution is -0.120. The molecule has 0 aliphatic rings. The van der Waals surface area contributed by atoms with Crippen molar-refractivity contribution in [3.63, 3.8) is 0 Å². The summed E-state index contributed by atoms with van der Waals surface area (Å²) >= 11 is 5.80. The maximum Gasteiger partial charge on any atom is 0.256 e. The number of amides is 2. The molecule has 0 saturated heterocycles. The second kappa shape index (κ2) is 9.03. The van der Waals surface area contributed by atoms with Crippen molar-refractivity contribution in [1.29, 1.82) is 0 Å². The lowest BCUT2D eigenvalue weighted by Gasteiger charge is -2.09. The average molecular weight is 365 g/mol. The van der Waals surface area contributed by atoms with Gasteiger partial charge in [-0.2, -0.15) is 0 Å². The highest BCUT2D eigenvalue weighted by atomic mass is 35.5. The molecule has 2 amide bonds. The van der Waals surface area contributed by atoms with Gasteiger partial charge < -0.3 is 15.4 Å². The maximum absolute atomic E-state index is 13.6. The zero-order valence-electron chi connectivity index (χ0n) is 13.6. The van der Waals surface area contributed by atoms with Crippen LogP contribution in [0, 0.1) is 5.82 Å². The molecule has 2 N–H and O–H groups in total. The van der Waals surface area contributed by atoms with Crippen LogP contribution < -0.4 is 15.4 Å². The monoisotopic (exact) mass is 364 g/mol. The van der Waals surface area contributed by atoms with Gasteiger partial charge >= 0.3 is 0 Å². The van der Waals surface area contributed by atoms with Crippen LogP contribution in [0.2, 0.25) is 5.02 Å². The van der Waals surface area contributed by atoms with E-state index in [0.29, 0.717) is 13.0 Å². The van der Waals surface area contributed by atoms with Crippen LogP contribution in [0.15, 0.2) is 42.5 Å². The molecule has 0 radical (unpaired) electrons. The molecule has 7 heteroatoms. The Morgan fingerprint density at radius 2 is 1.84 bits per heavy atom. The Morgan fingerprint density at radius 3 is 2.48 bits per heavy atom. The topological polar surface area (TPSA) is 67.4 Å².